The third-order valence-corrected chi connectivity index (χ3v) is 3.96. The van der Waals surface area contributed by atoms with Crippen molar-refractivity contribution < 1.29 is 4.79 Å². The maximum atomic E-state index is 11.3. The Labute approximate surface area is 127 Å². The first-order valence-corrected chi connectivity index (χ1v) is 7.99. The second-order valence-electron chi connectivity index (χ2n) is 6.01. The number of nitrogens with one attached hydrogen (secondary N) is 2. The van der Waals surface area contributed by atoms with Crippen LogP contribution in [0.2, 0.25) is 0 Å². The number of likely N-dealkylation sites (tertiary alicyclic amines) is 1. The molecule has 1 atom stereocenters. The smallest absolute Gasteiger partial charge is 0.315 e. The summed E-state index contributed by atoms with van der Waals surface area (Å²) in [6.45, 7) is 8.93. The van der Waals surface area contributed by atoms with Crippen molar-refractivity contribution in [2.24, 2.45) is 5.92 Å². The first-order valence-electron chi connectivity index (χ1n) is 7.99. The van der Waals surface area contributed by atoms with Gasteiger partial charge in [0.2, 0.25) is 0 Å². The van der Waals surface area contributed by atoms with Crippen molar-refractivity contribution in [2.75, 3.05) is 19.6 Å². The van der Waals surface area contributed by atoms with Gasteiger partial charge in [-0.05, 0) is 43.4 Å². The molecule has 0 aliphatic carbocycles. The minimum absolute atomic E-state index is 0.108. The molecule has 1 fully saturated rings. The van der Waals surface area contributed by atoms with Crippen LogP contribution in [-0.4, -0.2) is 30.6 Å². The number of hydrogen-bond acceptors (Lipinski definition) is 2. The zero-order valence-electron chi connectivity index (χ0n) is 13.2. The Morgan fingerprint density at radius 2 is 1.95 bits per heavy atom. The summed E-state index contributed by atoms with van der Waals surface area (Å²) in [7, 11) is 0. The van der Waals surface area contributed by atoms with Crippen LogP contribution in [0.15, 0.2) is 24.3 Å². The van der Waals surface area contributed by atoms with Crippen LogP contribution in [0.5, 0.6) is 0 Å². The minimum Gasteiger partial charge on any atom is -0.338 e. The summed E-state index contributed by atoms with van der Waals surface area (Å²) in [5, 5.41) is 5.57. The van der Waals surface area contributed by atoms with Gasteiger partial charge in [-0.25, -0.2) is 4.79 Å². The lowest BCUT2D eigenvalue weighted by molar-refractivity contribution is 0.176. The van der Waals surface area contributed by atoms with Crippen LogP contribution in [0.3, 0.4) is 0 Å². The van der Waals surface area contributed by atoms with Crippen molar-refractivity contribution in [3.8, 4) is 0 Å². The van der Waals surface area contributed by atoms with E-state index in [1.54, 1.807) is 0 Å². The highest BCUT2D eigenvalue weighted by Crippen LogP contribution is 2.18. The van der Waals surface area contributed by atoms with E-state index < -0.39 is 0 Å². The van der Waals surface area contributed by atoms with Crippen molar-refractivity contribution in [1.29, 1.82) is 0 Å². The van der Waals surface area contributed by atoms with Crippen LogP contribution >= 0.6 is 0 Å². The molecular formula is C17H27N3O. The van der Waals surface area contributed by atoms with Gasteiger partial charge in [0, 0.05) is 26.2 Å². The van der Waals surface area contributed by atoms with E-state index in [4.69, 9.17) is 0 Å². The molecule has 0 unspecified atom stereocenters. The number of nitrogens with zero attached hydrogens (tertiary/aromatic N) is 1. The van der Waals surface area contributed by atoms with Gasteiger partial charge in [0.25, 0.3) is 0 Å². The van der Waals surface area contributed by atoms with E-state index in [2.05, 4.69) is 46.7 Å². The molecule has 0 bridgehead atoms. The van der Waals surface area contributed by atoms with E-state index in [9.17, 15) is 4.79 Å². The van der Waals surface area contributed by atoms with Crippen LogP contribution in [-0.2, 0) is 13.1 Å². The van der Waals surface area contributed by atoms with E-state index >= 15 is 0 Å². The lowest BCUT2D eigenvalue weighted by atomic mass is 9.99. The van der Waals surface area contributed by atoms with Crippen LogP contribution in [0.4, 0.5) is 4.79 Å². The van der Waals surface area contributed by atoms with Crippen LogP contribution < -0.4 is 10.6 Å². The second kappa shape index (κ2) is 8.03. The van der Waals surface area contributed by atoms with Gasteiger partial charge in [0.1, 0.15) is 0 Å². The van der Waals surface area contributed by atoms with Crippen molar-refractivity contribution >= 4 is 6.03 Å². The highest BCUT2D eigenvalue weighted by molar-refractivity contribution is 5.73. The van der Waals surface area contributed by atoms with Gasteiger partial charge >= 0.3 is 6.03 Å². The standard InChI is InChI=1S/C17H27N3O/c1-3-18-17(21)19-11-15-6-8-16(9-7-15)13-20-10-4-5-14(2)12-20/h6-9,14H,3-5,10-13H2,1-2H3,(H2,18,19,21)/t14-/m0/s1. The molecule has 116 valence electrons. The van der Waals surface area contributed by atoms with Gasteiger partial charge in [-0.2, -0.15) is 0 Å². The van der Waals surface area contributed by atoms with Crippen molar-refractivity contribution in [2.45, 2.75) is 39.8 Å². The lowest BCUT2D eigenvalue weighted by Crippen LogP contribution is -2.34. The highest BCUT2D eigenvalue weighted by atomic mass is 16.2. The van der Waals surface area contributed by atoms with Gasteiger partial charge in [0.05, 0.1) is 0 Å². The third-order valence-electron chi connectivity index (χ3n) is 3.96. The minimum atomic E-state index is -0.108. The quantitative estimate of drug-likeness (QED) is 0.875. The molecule has 4 heteroatoms. The van der Waals surface area contributed by atoms with Gasteiger partial charge in [-0.15, -0.1) is 0 Å². The third kappa shape index (κ3) is 5.38. The number of carbonyl (C=O) groups excluding carboxylic acids is 1. The fraction of sp³-hybridized carbons (Fsp3) is 0.588. The Morgan fingerprint density at radius 3 is 2.62 bits per heavy atom. The number of hydrogen-bond donors (Lipinski definition) is 2. The SMILES string of the molecule is CCNC(=O)NCc1ccc(CN2CCC[C@H](C)C2)cc1. The fourth-order valence-electron chi connectivity index (χ4n) is 2.86. The second-order valence-corrected chi connectivity index (χ2v) is 6.01. The fourth-order valence-corrected chi connectivity index (χ4v) is 2.86. The van der Waals surface area contributed by atoms with E-state index in [1.807, 2.05) is 6.92 Å². The van der Waals surface area contributed by atoms with Crippen LogP contribution in [0.25, 0.3) is 0 Å². The number of urea groups is 1. The van der Waals surface area contributed by atoms with E-state index in [-0.39, 0.29) is 6.03 Å². The normalized spacial score (nSPS) is 19.2. The Hall–Kier alpha value is -1.55. The zero-order chi connectivity index (χ0) is 15.1. The Bertz CT molecular complexity index is 444. The zero-order valence-corrected chi connectivity index (χ0v) is 13.2. The maximum absolute atomic E-state index is 11.3. The summed E-state index contributed by atoms with van der Waals surface area (Å²) in [6.07, 6.45) is 2.68. The highest BCUT2D eigenvalue weighted by Gasteiger charge is 2.15. The predicted molar refractivity (Wildman–Crippen MR) is 86.0 cm³/mol. The molecule has 2 N–H and O–H groups in total. The molecule has 1 heterocycles. The summed E-state index contributed by atoms with van der Waals surface area (Å²) in [5.41, 5.74) is 2.49. The number of amides is 2. The van der Waals surface area contributed by atoms with Gasteiger partial charge < -0.3 is 10.6 Å². The lowest BCUT2D eigenvalue weighted by Gasteiger charge is -2.30. The van der Waals surface area contributed by atoms with Crippen LogP contribution in [0, 0.1) is 5.92 Å². The first kappa shape index (κ1) is 15.8. The largest absolute Gasteiger partial charge is 0.338 e. The summed E-state index contributed by atoms with van der Waals surface area (Å²) in [6, 6.07) is 8.45. The van der Waals surface area contributed by atoms with Gasteiger partial charge in [-0.3, -0.25) is 4.90 Å². The molecule has 1 aromatic carbocycles. The average Bonchev–Trinajstić information content (AvgIpc) is 2.47. The molecule has 4 nitrogen and oxygen atoms in total. The maximum Gasteiger partial charge on any atom is 0.315 e. The summed E-state index contributed by atoms with van der Waals surface area (Å²) in [5.74, 6) is 0.819. The molecule has 0 saturated carbocycles. The molecule has 1 aliphatic heterocycles. The van der Waals surface area contributed by atoms with Crippen molar-refractivity contribution in [3.63, 3.8) is 0 Å². The number of benzene rings is 1. The van der Waals surface area contributed by atoms with Gasteiger partial charge in [0.15, 0.2) is 0 Å². The molecule has 0 aromatic heterocycles. The summed E-state index contributed by atoms with van der Waals surface area (Å²) in [4.78, 5) is 13.9. The van der Waals surface area contributed by atoms with Crippen LogP contribution in [0.1, 0.15) is 37.8 Å². The molecule has 1 aliphatic rings. The Kier molecular flexibility index (Phi) is 6.05. The number of piperidine rings is 1. The molecule has 1 aromatic rings. The Balaban J connectivity index is 1.80. The molecule has 1 saturated heterocycles. The summed E-state index contributed by atoms with van der Waals surface area (Å²) >= 11 is 0. The monoisotopic (exact) mass is 289 g/mol. The number of carbonyl (C=O) groups is 1. The topological polar surface area (TPSA) is 44.4 Å². The number of rotatable bonds is 5. The van der Waals surface area contributed by atoms with Gasteiger partial charge in [-0.1, -0.05) is 31.2 Å². The molecule has 0 spiro atoms. The van der Waals surface area contributed by atoms with Crippen molar-refractivity contribution in [3.05, 3.63) is 35.4 Å². The average molecular weight is 289 g/mol. The van der Waals surface area contributed by atoms with Crippen molar-refractivity contribution in [1.82, 2.24) is 15.5 Å². The predicted octanol–water partition coefficient (Wildman–Crippen LogP) is 2.74. The molecule has 0 radical (unpaired) electrons. The first-order chi connectivity index (χ1) is 10.2. The molecule has 2 rings (SSSR count). The van der Waals surface area contributed by atoms with E-state index in [1.165, 1.54) is 31.5 Å². The molecule has 2 amide bonds. The molecule has 21 heavy (non-hydrogen) atoms. The van der Waals surface area contributed by atoms with E-state index in [0.29, 0.717) is 13.1 Å². The van der Waals surface area contributed by atoms with E-state index in [0.717, 1.165) is 18.0 Å². The summed E-state index contributed by atoms with van der Waals surface area (Å²) < 4.78 is 0. The Morgan fingerprint density at radius 1 is 1.24 bits per heavy atom. The molecular weight excluding hydrogens is 262 g/mol.